The second kappa shape index (κ2) is 18.5. The van der Waals surface area contributed by atoms with Gasteiger partial charge >= 0.3 is 0 Å². The Labute approximate surface area is 250 Å². The van der Waals surface area contributed by atoms with Crippen molar-refractivity contribution >= 4 is 0 Å². The van der Waals surface area contributed by atoms with Crippen LogP contribution in [0.4, 0.5) is 0 Å². The van der Waals surface area contributed by atoms with Crippen LogP contribution >= 0.6 is 0 Å². The summed E-state index contributed by atoms with van der Waals surface area (Å²) in [5, 5.41) is 11.0. The van der Waals surface area contributed by atoms with Gasteiger partial charge in [0, 0.05) is 0 Å². The number of phenolic OH excluding ortho intramolecular Hbond substituents is 1. The number of benzene rings is 3. The molecule has 0 aliphatic heterocycles. The van der Waals surface area contributed by atoms with E-state index in [1.807, 2.05) is 18.2 Å². The summed E-state index contributed by atoms with van der Waals surface area (Å²) in [6.45, 7) is 8.99. The molecule has 3 heteroatoms. The van der Waals surface area contributed by atoms with Crippen LogP contribution in [0.25, 0.3) is 0 Å². The molecule has 3 aromatic carbocycles. The minimum absolute atomic E-state index is 0.102. The molecule has 0 aliphatic carbocycles. The van der Waals surface area contributed by atoms with Gasteiger partial charge in [-0.15, -0.1) is 0 Å². The van der Waals surface area contributed by atoms with E-state index < -0.39 is 0 Å². The fourth-order valence-corrected chi connectivity index (χ4v) is 5.60. The highest BCUT2D eigenvalue weighted by molar-refractivity contribution is 5.56. The lowest BCUT2D eigenvalue weighted by atomic mass is 9.96. The number of rotatable bonds is 20. The van der Waals surface area contributed by atoms with Crippen LogP contribution in [0.1, 0.15) is 127 Å². The fourth-order valence-electron chi connectivity index (χ4n) is 5.60. The summed E-state index contributed by atoms with van der Waals surface area (Å²) in [5.74, 6) is 2.76. The van der Waals surface area contributed by atoms with Gasteiger partial charge in [-0.25, -0.2) is 0 Å². The molecule has 0 heterocycles. The van der Waals surface area contributed by atoms with E-state index in [4.69, 9.17) is 9.47 Å². The Balaban J connectivity index is 1.95. The van der Waals surface area contributed by atoms with Crippen molar-refractivity contribution in [2.24, 2.45) is 0 Å². The number of ether oxygens (including phenoxy) is 2. The van der Waals surface area contributed by atoms with Gasteiger partial charge in [-0.3, -0.25) is 0 Å². The van der Waals surface area contributed by atoms with E-state index in [-0.39, 0.29) is 5.75 Å². The van der Waals surface area contributed by atoms with Crippen LogP contribution in [-0.2, 0) is 25.7 Å². The lowest BCUT2D eigenvalue weighted by Gasteiger charge is -2.20. The molecule has 1 N–H and O–H groups in total. The first-order valence-electron chi connectivity index (χ1n) is 16.5. The molecule has 0 aliphatic rings. The summed E-state index contributed by atoms with van der Waals surface area (Å²) >= 11 is 0. The predicted octanol–water partition coefficient (Wildman–Crippen LogP) is 11.9. The summed E-state index contributed by atoms with van der Waals surface area (Å²) in [6.07, 6.45) is 18.4. The van der Waals surface area contributed by atoms with Crippen LogP contribution in [0, 0.1) is 0 Å². The maximum Gasteiger partial charge on any atom is 0.211 e. The molecular formula is C38H54O3. The number of para-hydroxylation sites is 1. The summed E-state index contributed by atoms with van der Waals surface area (Å²) in [6, 6.07) is 18.3. The normalized spacial score (nSPS) is 11.1. The third-order valence-electron chi connectivity index (χ3n) is 8.01. The highest BCUT2D eigenvalue weighted by atomic mass is 16.5. The molecule has 3 aromatic rings. The third-order valence-corrected chi connectivity index (χ3v) is 8.01. The minimum atomic E-state index is 0.102. The van der Waals surface area contributed by atoms with E-state index in [0.29, 0.717) is 11.5 Å². The Hall–Kier alpha value is -2.94. The molecule has 3 nitrogen and oxygen atoms in total. The largest absolute Gasteiger partial charge is 0.504 e. The second-order valence-electron chi connectivity index (χ2n) is 11.4. The predicted molar refractivity (Wildman–Crippen MR) is 174 cm³/mol. The van der Waals surface area contributed by atoms with Crippen molar-refractivity contribution in [1.29, 1.82) is 0 Å². The average Bonchev–Trinajstić information content (AvgIpc) is 2.97. The van der Waals surface area contributed by atoms with Crippen molar-refractivity contribution < 1.29 is 14.6 Å². The van der Waals surface area contributed by atoms with Crippen LogP contribution in [0.5, 0.6) is 28.7 Å². The summed E-state index contributed by atoms with van der Waals surface area (Å²) < 4.78 is 13.2. The van der Waals surface area contributed by atoms with Gasteiger partial charge < -0.3 is 14.6 Å². The number of aryl methyl sites for hydroxylation is 2. The minimum Gasteiger partial charge on any atom is -0.504 e. The van der Waals surface area contributed by atoms with Gasteiger partial charge in [0.05, 0.1) is 0 Å². The number of hydrogen-bond acceptors (Lipinski definition) is 3. The Kier molecular flexibility index (Phi) is 14.7. The first kappa shape index (κ1) is 32.6. The van der Waals surface area contributed by atoms with Crippen LogP contribution < -0.4 is 9.47 Å². The maximum absolute atomic E-state index is 11.0. The van der Waals surface area contributed by atoms with Gasteiger partial charge in [0.2, 0.25) is 5.75 Å². The Bertz CT molecular complexity index is 1170. The highest BCUT2D eigenvalue weighted by Gasteiger charge is 2.18. The molecule has 0 atom stereocenters. The molecule has 41 heavy (non-hydrogen) atoms. The third kappa shape index (κ3) is 10.1. The zero-order valence-electron chi connectivity index (χ0n) is 26.3. The van der Waals surface area contributed by atoms with Gasteiger partial charge in [-0.05, 0) is 97.9 Å². The first-order chi connectivity index (χ1) is 20.1. The lowest BCUT2D eigenvalue weighted by Crippen LogP contribution is -2.02. The zero-order valence-corrected chi connectivity index (χ0v) is 26.3. The smallest absolute Gasteiger partial charge is 0.211 e. The number of aromatic hydroxyl groups is 1. The molecule has 0 saturated heterocycles. The van der Waals surface area contributed by atoms with Crippen molar-refractivity contribution in [2.75, 3.05) is 0 Å². The van der Waals surface area contributed by atoms with Gasteiger partial charge in [-0.1, -0.05) is 109 Å². The molecule has 0 amide bonds. The molecular weight excluding hydrogens is 504 g/mol. The van der Waals surface area contributed by atoms with E-state index in [1.165, 1.54) is 86.5 Å². The van der Waals surface area contributed by atoms with Crippen LogP contribution in [-0.4, -0.2) is 5.11 Å². The van der Waals surface area contributed by atoms with Crippen molar-refractivity contribution in [1.82, 2.24) is 0 Å². The van der Waals surface area contributed by atoms with Crippen molar-refractivity contribution in [2.45, 2.75) is 130 Å². The summed E-state index contributed by atoms with van der Waals surface area (Å²) in [4.78, 5) is 0. The monoisotopic (exact) mass is 558 g/mol. The van der Waals surface area contributed by atoms with Gasteiger partial charge in [-0.2, -0.15) is 0 Å². The SMILES string of the molecule is CCCCCc1cccc(Oc2cccc(O)c2Oc2cccc(CCCCC)c2CCCCC)c1CCCCC. The standard InChI is InChI=1S/C38H54O3/c1-5-9-13-20-30-22-17-27-35(32(30)24-15-11-7-3)40-37-29-19-26-34(39)38(37)41-36-28-18-23-31(21-14-10-6-2)33(36)25-16-12-8-4/h17-19,22-23,26-29,39H,5-16,20-21,24-25H2,1-4H3. The van der Waals surface area contributed by atoms with Gasteiger partial charge in [0.15, 0.2) is 11.5 Å². The Morgan fingerprint density at radius 1 is 0.463 bits per heavy atom. The van der Waals surface area contributed by atoms with Crippen LogP contribution in [0.3, 0.4) is 0 Å². The van der Waals surface area contributed by atoms with E-state index in [9.17, 15) is 5.11 Å². The van der Waals surface area contributed by atoms with E-state index in [2.05, 4.69) is 58.0 Å². The van der Waals surface area contributed by atoms with Crippen molar-refractivity contribution in [3.8, 4) is 28.7 Å². The van der Waals surface area contributed by atoms with Crippen LogP contribution in [0.15, 0.2) is 54.6 Å². The topological polar surface area (TPSA) is 38.7 Å². The Morgan fingerprint density at radius 3 is 1.37 bits per heavy atom. The zero-order chi connectivity index (χ0) is 29.3. The van der Waals surface area contributed by atoms with Crippen molar-refractivity contribution in [3.63, 3.8) is 0 Å². The number of unbranched alkanes of at least 4 members (excludes halogenated alkanes) is 8. The first-order valence-corrected chi connectivity index (χ1v) is 16.5. The van der Waals surface area contributed by atoms with Gasteiger partial charge in [0.25, 0.3) is 0 Å². The van der Waals surface area contributed by atoms with E-state index in [0.717, 1.165) is 50.0 Å². The molecule has 0 radical (unpaired) electrons. The summed E-state index contributed by atoms with van der Waals surface area (Å²) in [5.41, 5.74) is 5.31. The molecule has 0 aromatic heterocycles. The van der Waals surface area contributed by atoms with Crippen LogP contribution in [0.2, 0.25) is 0 Å². The molecule has 3 rings (SSSR count). The molecule has 0 fully saturated rings. The van der Waals surface area contributed by atoms with Crippen molar-refractivity contribution in [3.05, 3.63) is 76.9 Å². The molecule has 0 saturated carbocycles. The molecule has 0 bridgehead atoms. The Morgan fingerprint density at radius 2 is 0.878 bits per heavy atom. The quantitative estimate of drug-likeness (QED) is 0.140. The maximum atomic E-state index is 11.0. The average molecular weight is 559 g/mol. The number of phenols is 1. The number of hydrogen-bond donors (Lipinski definition) is 1. The molecule has 0 unspecified atom stereocenters. The molecule has 0 spiro atoms. The van der Waals surface area contributed by atoms with Gasteiger partial charge in [0.1, 0.15) is 11.5 Å². The fraction of sp³-hybridized carbons (Fsp3) is 0.526. The second-order valence-corrected chi connectivity index (χ2v) is 11.4. The highest BCUT2D eigenvalue weighted by Crippen LogP contribution is 2.44. The summed E-state index contributed by atoms with van der Waals surface area (Å²) in [7, 11) is 0. The lowest BCUT2D eigenvalue weighted by molar-refractivity contribution is 0.377. The molecule has 224 valence electrons. The van der Waals surface area contributed by atoms with E-state index >= 15 is 0 Å². The van der Waals surface area contributed by atoms with E-state index in [1.54, 1.807) is 6.07 Å².